The Bertz CT molecular complexity index is 285. The van der Waals surface area contributed by atoms with Gasteiger partial charge >= 0.3 is 0 Å². The van der Waals surface area contributed by atoms with Crippen molar-refractivity contribution in [2.24, 2.45) is 5.92 Å². The molecule has 0 aromatic carbocycles. The zero-order valence-electron chi connectivity index (χ0n) is 15.7. The molecule has 1 rings (SSSR count). The summed E-state index contributed by atoms with van der Waals surface area (Å²) in [5.41, 5.74) is 0. The van der Waals surface area contributed by atoms with Crippen LogP contribution in [0.2, 0.25) is 0 Å². The first-order chi connectivity index (χ1) is 10.7. The molecule has 22 heavy (non-hydrogen) atoms. The molecular weight excluding hydrogens is 268 g/mol. The summed E-state index contributed by atoms with van der Waals surface area (Å²) in [4.78, 5) is 5.10. The van der Waals surface area contributed by atoms with Gasteiger partial charge in [0.15, 0.2) is 0 Å². The highest BCUT2D eigenvalue weighted by Gasteiger charge is 2.27. The van der Waals surface area contributed by atoms with Crippen LogP contribution >= 0.6 is 0 Å². The molecule has 0 aromatic rings. The normalized spacial score (nSPS) is 18.0. The van der Waals surface area contributed by atoms with Crippen molar-refractivity contribution in [2.75, 3.05) is 13.1 Å². The van der Waals surface area contributed by atoms with Crippen molar-refractivity contribution >= 4 is 0 Å². The average molecular weight is 309 g/mol. The lowest BCUT2D eigenvalue weighted by atomic mass is 10.1. The minimum atomic E-state index is 0.592. The third-order valence-electron chi connectivity index (χ3n) is 4.73. The molecule has 0 saturated heterocycles. The van der Waals surface area contributed by atoms with Crippen molar-refractivity contribution in [3.8, 4) is 0 Å². The molecule has 1 unspecified atom stereocenters. The van der Waals surface area contributed by atoms with E-state index in [-0.39, 0.29) is 0 Å². The molecule has 2 heteroatoms. The quantitative estimate of drug-likeness (QED) is 0.385. The van der Waals surface area contributed by atoms with E-state index < -0.39 is 0 Å². The zero-order valence-corrected chi connectivity index (χ0v) is 15.7. The van der Waals surface area contributed by atoms with E-state index in [0.29, 0.717) is 12.1 Å². The fourth-order valence-corrected chi connectivity index (χ4v) is 3.58. The molecule has 2 nitrogen and oxygen atoms in total. The van der Waals surface area contributed by atoms with Gasteiger partial charge in [0.2, 0.25) is 0 Å². The molecule has 0 fully saturated rings. The van der Waals surface area contributed by atoms with Crippen molar-refractivity contribution in [2.45, 2.75) is 98.1 Å². The number of hydrogen-bond donors (Lipinski definition) is 0. The summed E-state index contributed by atoms with van der Waals surface area (Å²) in [5, 5.41) is 0. The largest absolute Gasteiger partial charge is 0.356 e. The van der Waals surface area contributed by atoms with Gasteiger partial charge in [0.25, 0.3) is 0 Å². The van der Waals surface area contributed by atoms with Gasteiger partial charge in [0.1, 0.15) is 6.17 Å². The molecule has 0 N–H and O–H groups in total. The van der Waals surface area contributed by atoms with Crippen LogP contribution in [-0.4, -0.2) is 29.1 Å². The molecule has 0 aromatic heterocycles. The smallest absolute Gasteiger partial charge is 0.103 e. The van der Waals surface area contributed by atoms with E-state index in [1.165, 1.54) is 77.3 Å². The van der Waals surface area contributed by atoms with Gasteiger partial charge < -0.3 is 9.80 Å². The van der Waals surface area contributed by atoms with Gasteiger partial charge in [-0.25, -0.2) is 0 Å². The van der Waals surface area contributed by atoms with Crippen LogP contribution in [0.15, 0.2) is 12.4 Å². The van der Waals surface area contributed by atoms with Gasteiger partial charge in [-0.2, -0.15) is 0 Å². The van der Waals surface area contributed by atoms with Crippen LogP contribution < -0.4 is 0 Å². The van der Waals surface area contributed by atoms with Crippen LogP contribution in [0.1, 0.15) is 91.9 Å². The zero-order chi connectivity index (χ0) is 16.2. The van der Waals surface area contributed by atoms with Crippen LogP contribution in [-0.2, 0) is 0 Å². The van der Waals surface area contributed by atoms with Crippen molar-refractivity contribution in [3.05, 3.63) is 12.4 Å². The fourth-order valence-electron chi connectivity index (χ4n) is 3.58. The van der Waals surface area contributed by atoms with E-state index in [1.54, 1.807) is 0 Å². The third-order valence-corrected chi connectivity index (χ3v) is 4.73. The summed E-state index contributed by atoms with van der Waals surface area (Å²) in [6.45, 7) is 11.7. The second kappa shape index (κ2) is 11.8. The summed E-state index contributed by atoms with van der Waals surface area (Å²) in [6, 6.07) is 0. The highest BCUT2D eigenvalue weighted by Crippen LogP contribution is 2.23. The fraction of sp³-hybridized carbons (Fsp3) is 0.900. The predicted octanol–water partition coefficient (Wildman–Crippen LogP) is 6.00. The Kier molecular flexibility index (Phi) is 10.4. The van der Waals surface area contributed by atoms with E-state index in [1.807, 2.05) is 0 Å². The van der Waals surface area contributed by atoms with Crippen LogP contribution in [0.25, 0.3) is 0 Å². The molecule has 0 aliphatic carbocycles. The second-order valence-corrected chi connectivity index (χ2v) is 7.26. The average Bonchev–Trinajstić information content (AvgIpc) is 2.89. The van der Waals surface area contributed by atoms with Gasteiger partial charge in [-0.1, -0.05) is 79.1 Å². The molecular formula is C20H40N2. The third kappa shape index (κ3) is 7.07. The standard InChI is InChI=1S/C20H40N2/c1-5-7-8-9-10-11-12-13-14-16-22-18-17-21(15-6-2)20(22)19(3)4/h17-20H,5-16H2,1-4H3. The highest BCUT2D eigenvalue weighted by molar-refractivity contribution is 4.97. The molecule has 0 saturated carbocycles. The Morgan fingerprint density at radius 1 is 0.682 bits per heavy atom. The van der Waals surface area contributed by atoms with E-state index in [4.69, 9.17) is 0 Å². The van der Waals surface area contributed by atoms with Crippen LogP contribution in [0.4, 0.5) is 0 Å². The molecule has 0 spiro atoms. The van der Waals surface area contributed by atoms with E-state index in [2.05, 4.69) is 49.9 Å². The van der Waals surface area contributed by atoms with E-state index in [0.717, 1.165) is 0 Å². The van der Waals surface area contributed by atoms with Gasteiger partial charge in [-0.15, -0.1) is 0 Å². The first-order valence-corrected chi connectivity index (χ1v) is 9.90. The maximum absolute atomic E-state index is 2.57. The number of rotatable bonds is 13. The molecule has 1 atom stereocenters. The number of hydrogen-bond acceptors (Lipinski definition) is 2. The van der Waals surface area contributed by atoms with Crippen LogP contribution in [0.3, 0.4) is 0 Å². The Hall–Kier alpha value is -0.660. The van der Waals surface area contributed by atoms with Gasteiger partial charge in [-0.3, -0.25) is 0 Å². The minimum absolute atomic E-state index is 0.592. The summed E-state index contributed by atoms with van der Waals surface area (Å²) >= 11 is 0. The molecule has 1 aliphatic heterocycles. The lowest BCUT2D eigenvalue weighted by Crippen LogP contribution is -2.43. The molecule has 0 amide bonds. The Morgan fingerprint density at radius 3 is 1.68 bits per heavy atom. The Labute approximate surface area is 139 Å². The number of unbranched alkanes of at least 4 members (excludes halogenated alkanes) is 8. The monoisotopic (exact) mass is 308 g/mol. The first kappa shape index (κ1) is 19.4. The molecule has 1 heterocycles. The second-order valence-electron chi connectivity index (χ2n) is 7.26. The van der Waals surface area contributed by atoms with Crippen molar-refractivity contribution in [3.63, 3.8) is 0 Å². The van der Waals surface area contributed by atoms with Crippen LogP contribution in [0, 0.1) is 5.92 Å². The molecule has 1 aliphatic rings. The number of nitrogens with zero attached hydrogens (tertiary/aromatic N) is 2. The van der Waals surface area contributed by atoms with E-state index >= 15 is 0 Å². The maximum Gasteiger partial charge on any atom is 0.103 e. The summed E-state index contributed by atoms with van der Waals surface area (Å²) in [7, 11) is 0. The summed E-state index contributed by atoms with van der Waals surface area (Å²) in [5.74, 6) is 0.695. The van der Waals surface area contributed by atoms with E-state index in [9.17, 15) is 0 Å². The highest BCUT2D eigenvalue weighted by atomic mass is 15.4. The maximum atomic E-state index is 2.57. The lowest BCUT2D eigenvalue weighted by molar-refractivity contribution is 0.106. The molecule has 0 radical (unpaired) electrons. The summed E-state index contributed by atoms with van der Waals surface area (Å²) < 4.78 is 0. The Morgan fingerprint density at radius 2 is 1.18 bits per heavy atom. The minimum Gasteiger partial charge on any atom is -0.356 e. The van der Waals surface area contributed by atoms with Gasteiger partial charge in [0, 0.05) is 25.5 Å². The molecule has 0 bridgehead atoms. The summed E-state index contributed by atoms with van der Waals surface area (Å²) in [6.07, 6.45) is 19.2. The van der Waals surface area contributed by atoms with Crippen LogP contribution in [0.5, 0.6) is 0 Å². The SMILES string of the molecule is CCCCCCCCCCCN1C=CN(CCC)C1C(C)C. The van der Waals surface area contributed by atoms with Crippen molar-refractivity contribution in [1.82, 2.24) is 9.80 Å². The first-order valence-electron chi connectivity index (χ1n) is 9.90. The van der Waals surface area contributed by atoms with Crippen molar-refractivity contribution < 1.29 is 0 Å². The molecule has 130 valence electrons. The Balaban J connectivity index is 2.10. The lowest BCUT2D eigenvalue weighted by Gasteiger charge is -2.35. The van der Waals surface area contributed by atoms with Crippen molar-refractivity contribution in [1.29, 1.82) is 0 Å². The van der Waals surface area contributed by atoms with Gasteiger partial charge in [0.05, 0.1) is 0 Å². The predicted molar refractivity (Wildman–Crippen MR) is 98.7 cm³/mol. The van der Waals surface area contributed by atoms with Gasteiger partial charge in [-0.05, 0) is 18.8 Å². The topological polar surface area (TPSA) is 6.48 Å².